The third kappa shape index (κ3) is 1.49. The molecule has 2 aliphatic rings. The van der Waals surface area contributed by atoms with Gasteiger partial charge in [-0.15, -0.1) is 11.6 Å². The summed E-state index contributed by atoms with van der Waals surface area (Å²) in [6.07, 6.45) is 3.52. The van der Waals surface area contributed by atoms with Crippen LogP contribution in [0.4, 0.5) is 0 Å². The molecular weight excluding hydrogens is 224 g/mol. The fourth-order valence-corrected chi connectivity index (χ4v) is 3.59. The molecule has 0 aromatic rings. The molecule has 0 aromatic heterocycles. The molecule has 0 unspecified atom stereocenters. The van der Waals surface area contributed by atoms with Crippen LogP contribution in [-0.2, 0) is 9.53 Å². The molecule has 2 fully saturated rings. The number of carbonyl (C=O) groups is 1. The van der Waals surface area contributed by atoms with Crippen molar-refractivity contribution in [3.05, 3.63) is 0 Å². The maximum atomic E-state index is 11.6. The average Bonchev–Trinajstić information content (AvgIpc) is 2.50. The molecule has 2 rings (SSSR count). The van der Waals surface area contributed by atoms with Crippen LogP contribution < -0.4 is 0 Å². The van der Waals surface area contributed by atoms with Crippen molar-refractivity contribution in [1.29, 1.82) is 0 Å². The Morgan fingerprint density at radius 1 is 1.44 bits per heavy atom. The van der Waals surface area contributed by atoms with Gasteiger partial charge in [0, 0.05) is 5.41 Å². The van der Waals surface area contributed by atoms with E-state index in [4.69, 9.17) is 16.3 Å². The first-order chi connectivity index (χ1) is 7.29. The Balaban J connectivity index is 2.13. The number of ether oxygens (including phenoxy) is 1. The normalized spacial score (nSPS) is 42.1. The lowest BCUT2D eigenvalue weighted by molar-refractivity contribution is -0.156. The molecule has 0 radical (unpaired) electrons. The smallest absolute Gasteiger partial charge is 0.324 e. The SMILES string of the molecule is C[C@@H](Cl)C(=O)O[C@@H]1C[C@@H]2CC[C@@]1(C)C2(C)C. The summed E-state index contributed by atoms with van der Waals surface area (Å²) >= 11 is 5.75. The zero-order valence-corrected chi connectivity index (χ0v) is 11.3. The molecule has 0 heterocycles. The first-order valence-electron chi connectivity index (χ1n) is 6.13. The van der Waals surface area contributed by atoms with Gasteiger partial charge < -0.3 is 4.74 Å². The van der Waals surface area contributed by atoms with Gasteiger partial charge in [0.05, 0.1) is 0 Å². The molecule has 92 valence electrons. The molecule has 2 aliphatic carbocycles. The lowest BCUT2D eigenvalue weighted by Crippen LogP contribution is -2.39. The Kier molecular flexibility index (Phi) is 2.77. The second-order valence-electron chi connectivity index (χ2n) is 6.15. The third-order valence-corrected chi connectivity index (χ3v) is 5.48. The minimum Gasteiger partial charge on any atom is -0.461 e. The van der Waals surface area contributed by atoms with Gasteiger partial charge >= 0.3 is 5.97 Å². The molecule has 0 amide bonds. The van der Waals surface area contributed by atoms with E-state index in [-0.39, 0.29) is 22.9 Å². The Morgan fingerprint density at radius 3 is 2.44 bits per heavy atom. The van der Waals surface area contributed by atoms with Crippen LogP contribution in [0.3, 0.4) is 0 Å². The van der Waals surface area contributed by atoms with Crippen molar-refractivity contribution < 1.29 is 9.53 Å². The zero-order valence-electron chi connectivity index (χ0n) is 10.5. The second kappa shape index (κ2) is 3.63. The summed E-state index contributed by atoms with van der Waals surface area (Å²) in [6.45, 7) is 8.55. The Morgan fingerprint density at radius 2 is 2.06 bits per heavy atom. The van der Waals surface area contributed by atoms with E-state index in [1.54, 1.807) is 6.92 Å². The molecular formula is C13H21ClO2. The van der Waals surface area contributed by atoms with Gasteiger partial charge in [0.25, 0.3) is 0 Å². The standard InChI is InChI=1S/C13H21ClO2/c1-8(14)11(15)16-10-7-9-5-6-13(10,4)12(9,2)3/h8-10H,5-7H2,1-4H3/t8-,9+,10-,13-/m1/s1. The largest absolute Gasteiger partial charge is 0.461 e. The molecule has 2 bridgehead atoms. The van der Waals surface area contributed by atoms with Crippen LogP contribution in [0.5, 0.6) is 0 Å². The second-order valence-corrected chi connectivity index (χ2v) is 6.81. The summed E-state index contributed by atoms with van der Waals surface area (Å²) in [5, 5.41) is -0.536. The highest BCUT2D eigenvalue weighted by atomic mass is 35.5. The summed E-state index contributed by atoms with van der Waals surface area (Å²) in [5.74, 6) is 0.428. The molecule has 0 spiro atoms. The number of carbonyl (C=O) groups excluding carboxylic acids is 1. The summed E-state index contributed by atoms with van der Waals surface area (Å²) < 4.78 is 5.57. The van der Waals surface area contributed by atoms with E-state index in [0.29, 0.717) is 5.92 Å². The van der Waals surface area contributed by atoms with Crippen molar-refractivity contribution in [3.8, 4) is 0 Å². The van der Waals surface area contributed by atoms with Crippen molar-refractivity contribution in [2.45, 2.75) is 58.4 Å². The summed E-state index contributed by atoms with van der Waals surface area (Å²) in [7, 11) is 0. The monoisotopic (exact) mass is 244 g/mol. The topological polar surface area (TPSA) is 26.3 Å². The van der Waals surface area contributed by atoms with Crippen LogP contribution in [0, 0.1) is 16.7 Å². The van der Waals surface area contributed by atoms with Crippen molar-refractivity contribution >= 4 is 17.6 Å². The van der Waals surface area contributed by atoms with Crippen molar-refractivity contribution in [3.63, 3.8) is 0 Å². The predicted molar refractivity (Wildman–Crippen MR) is 64.4 cm³/mol. The van der Waals surface area contributed by atoms with Crippen molar-refractivity contribution in [2.75, 3.05) is 0 Å². The van der Waals surface area contributed by atoms with Gasteiger partial charge in [-0.25, -0.2) is 0 Å². The fourth-order valence-electron chi connectivity index (χ4n) is 3.54. The van der Waals surface area contributed by atoms with E-state index < -0.39 is 5.38 Å². The van der Waals surface area contributed by atoms with Gasteiger partial charge in [-0.1, -0.05) is 20.8 Å². The predicted octanol–water partition coefficient (Wildman–Crippen LogP) is 3.37. The van der Waals surface area contributed by atoms with Gasteiger partial charge in [-0.05, 0) is 37.5 Å². The minimum atomic E-state index is -0.536. The third-order valence-electron chi connectivity index (χ3n) is 5.30. The molecule has 3 heteroatoms. The Labute approximate surface area is 103 Å². The van der Waals surface area contributed by atoms with E-state index in [9.17, 15) is 4.79 Å². The van der Waals surface area contributed by atoms with Crippen LogP contribution in [0.25, 0.3) is 0 Å². The number of hydrogen-bond acceptors (Lipinski definition) is 2. The number of rotatable bonds is 2. The Bertz CT molecular complexity index is 311. The van der Waals surface area contributed by atoms with Gasteiger partial charge in [-0.3, -0.25) is 4.79 Å². The molecule has 4 atom stereocenters. The number of hydrogen-bond donors (Lipinski definition) is 0. The number of alkyl halides is 1. The van der Waals surface area contributed by atoms with E-state index in [1.807, 2.05) is 0 Å². The van der Waals surface area contributed by atoms with Crippen LogP contribution in [0.15, 0.2) is 0 Å². The number of fused-ring (bicyclic) bond motifs is 2. The average molecular weight is 245 g/mol. The first-order valence-corrected chi connectivity index (χ1v) is 6.57. The molecule has 2 saturated carbocycles. The quantitative estimate of drug-likeness (QED) is 0.550. The van der Waals surface area contributed by atoms with Crippen molar-refractivity contribution in [1.82, 2.24) is 0 Å². The van der Waals surface area contributed by atoms with Crippen LogP contribution >= 0.6 is 11.6 Å². The van der Waals surface area contributed by atoms with Crippen LogP contribution in [-0.4, -0.2) is 17.5 Å². The van der Waals surface area contributed by atoms with E-state index >= 15 is 0 Å². The molecule has 0 aliphatic heterocycles. The van der Waals surface area contributed by atoms with Gasteiger partial charge in [-0.2, -0.15) is 0 Å². The summed E-state index contributed by atoms with van der Waals surface area (Å²) in [4.78, 5) is 11.6. The van der Waals surface area contributed by atoms with E-state index in [0.717, 1.165) is 6.42 Å². The van der Waals surface area contributed by atoms with E-state index in [2.05, 4.69) is 20.8 Å². The maximum Gasteiger partial charge on any atom is 0.324 e. The van der Waals surface area contributed by atoms with Gasteiger partial charge in [0.2, 0.25) is 0 Å². The first kappa shape index (κ1) is 12.2. The van der Waals surface area contributed by atoms with Crippen molar-refractivity contribution in [2.24, 2.45) is 16.7 Å². The van der Waals surface area contributed by atoms with E-state index in [1.165, 1.54) is 12.8 Å². The lowest BCUT2D eigenvalue weighted by Gasteiger charge is -2.38. The Hall–Kier alpha value is -0.240. The van der Waals surface area contributed by atoms with Crippen LogP contribution in [0.2, 0.25) is 0 Å². The highest BCUT2D eigenvalue weighted by Gasteiger charge is 2.62. The molecule has 0 saturated heterocycles. The molecule has 0 aromatic carbocycles. The molecule has 2 nitrogen and oxygen atoms in total. The fraction of sp³-hybridized carbons (Fsp3) is 0.923. The minimum absolute atomic E-state index is 0.0648. The molecule has 16 heavy (non-hydrogen) atoms. The number of esters is 1. The lowest BCUT2D eigenvalue weighted by atomic mass is 9.70. The van der Waals surface area contributed by atoms with Gasteiger partial charge in [0.1, 0.15) is 11.5 Å². The summed E-state index contributed by atoms with van der Waals surface area (Å²) in [6, 6.07) is 0. The highest BCUT2D eigenvalue weighted by molar-refractivity contribution is 6.29. The highest BCUT2D eigenvalue weighted by Crippen LogP contribution is 2.66. The number of halogens is 1. The van der Waals surface area contributed by atoms with Gasteiger partial charge in [0.15, 0.2) is 0 Å². The molecule has 0 N–H and O–H groups in total. The van der Waals surface area contributed by atoms with Crippen LogP contribution in [0.1, 0.15) is 47.0 Å². The zero-order chi connectivity index (χ0) is 12.1. The summed E-state index contributed by atoms with van der Waals surface area (Å²) in [5.41, 5.74) is 0.423. The maximum absolute atomic E-state index is 11.6.